The van der Waals surface area contributed by atoms with E-state index in [0.717, 1.165) is 25.7 Å². The molecular formula is C16H22BrClFNO. The van der Waals surface area contributed by atoms with Crippen molar-refractivity contribution in [3.05, 3.63) is 33.0 Å². The number of ether oxygens (including phenoxy) is 1. The third-order valence-electron chi connectivity index (χ3n) is 4.72. The molecule has 0 amide bonds. The Labute approximate surface area is 139 Å². The Kier molecular flexibility index (Phi) is 5.69. The lowest BCUT2D eigenvalue weighted by Gasteiger charge is -2.44. The molecule has 1 fully saturated rings. The van der Waals surface area contributed by atoms with E-state index >= 15 is 0 Å². The molecule has 0 aromatic heterocycles. The zero-order valence-electron chi connectivity index (χ0n) is 12.7. The van der Waals surface area contributed by atoms with Crippen LogP contribution in [0.15, 0.2) is 16.6 Å². The van der Waals surface area contributed by atoms with E-state index in [1.807, 2.05) is 7.05 Å². The van der Waals surface area contributed by atoms with Gasteiger partial charge in [0.15, 0.2) is 0 Å². The Morgan fingerprint density at radius 1 is 1.43 bits per heavy atom. The molecule has 0 saturated heterocycles. The minimum Gasteiger partial charge on any atom is -0.376 e. The molecule has 1 N–H and O–H groups in total. The van der Waals surface area contributed by atoms with Crippen molar-refractivity contribution in [3.8, 4) is 0 Å². The molecular weight excluding hydrogens is 357 g/mol. The highest BCUT2D eigenvalue weighted by Gasteiger charge is 2.42. The zero-order chi connectivity index (χ0) is 15.6. The van der Waals surface area contributed by atoms with Gasteiger partial charge in [-0.2, -0.15) is 0 Å². The Balaban J connectivity index is 2.41. The molecule has 1 aromatic carbocycles. The quantitative estimate of drug-likeness (QED) is 0.736. The number of rotatable bonds is 4. The summed E-state index contributed by atoms with van der Waals surface area (Å²) in [5.41, 5.74) is 0.196. The first-order valence-corrected chi connectivity index (χ1v) is 8.48. The summed E-state index contributed by atoms with van der Waals surface area (Å²) in [6.07, 6.45) is 4.03. The maximum atomic E-state index is 14.6. The van der Waals surface area contributed by atoms with Crippen LogP contribution in [-0.4, -0.2) is 19.8 Å². The van der Waals surface area contributed by atoms with E-state index in [1.165, 1.54) is 0 Å². The smallest absolute Gasteiger partial charge is 0.147 e. The summed E-state index contributed by atoms with van der Waals surface area (Å²) in [5.74, 6) is 0.324. The molecule has 0 spiro atoms. The summed E-state index contributed by atoms with van der Waals surface area (Å²) < 4.78 is 21.0. The fourth-order valence-electron chi connectivity index (χ4n) is 3.33. The van der Waals surface area contributed by atoms with Crippen LogP contribution in [0.5, 0.6) is 0 Å². The van der Waals surface area contributed by atoms with Gasteiger partial charge in [0.1, 0.15) is 5.82 Å². The monoisotopic (exact) mass is 377 g/mol. The van der Waals surface area contributed by atoms with E-state index in [2.05, 4.69) is 28.2 Å². The largest absolute Gasteiger partial charge is 0.376 e. The Morgan fingerprint density at radius 2 is 2.05 bits per heavy atom. The number of hydrogen-bond donors (Lipinski definition) is 1. The van der Waals surface area contributed by atoms with Crippen molar-refractivity contribution in [2.75, 3.05) is 14.2 Å². The van der Waals surface area contributed by atoms with Gasteiger partial charge in [-0.25, -0.2) is 4.39 Å². The first kappa shape index (κ1) is 17.2. The van der Waals surface area contributed by atoms with E-state index < -0.39 is 0 Å². The topological polar surface area (TPSA) is 21.3 Å². The summed E-state index contributed by atoms with van der Waals surface area (Å²) >= 11 is 9.31. The number of halogens is 3. The molecule has 1 aliphatic rings. The third kappa shape index (κ3) is 3.29. The Hall–Kier alpha value is -0.160. The number of benzene rings is 1. The molecule has 2 nitrogen and oxygen atoms in total. The van der Waals surface area contributed by atoms with Crippen molar-refractivity contribution in [2.45, 2.75) is 44.2 Å². The molecule has 0 bridgehead atoms. The molecule has 118 valence electrons. The van der Waals surface area contributed by atoms with Crippen LogP contribution in [0.25, 0.3) is 0 Å². The fourth-order valence-corrected chi connectivity index (χ4v) is 3.81. The maximum Gasteiger partial charge on any atom is 0.147 e. The predicted octanol–water partition coefficient (Wildman–Crippen LogP) is 5.10. The van der Waals surface area contributed by atoms with E-state index in [1.54, 1.807) is 19.2 Å². The molecule has 0 heterocycles. The van der Waals surface area contributed by atoms with E-state index in [4.69, 9.17) is 16.3 Å². The summed E-state index contributed by atoms with van der Waals surface area (Å²) in [6.45, 7) is 2.26. The standard InChI is InChI=1S/C16H22BrClFNO/c1-10-6-8-16(21-3,9-7-10)15(20-2)11-4-5-12(17)13(18)14(11)19/h4-5,10,15,20H,6-9H2,1-3H3. The highest BCUT2D eigenvalue weighted by molar-refractivity contribution is 9.10. The summed E-state index contributed by atoms with van der Waals surface area (Å²) in [4.78, 5) is 0. The van der Waals surface area contributed by atoms with Gasteiger partial charge in [0, 0.05) is 17.1 Å². The first-order chi connectivity index (χ1) is 9.95. The number of hydrogen-bond acceptors (Lipinski definition) is 2. The SMILES string of the molecule is CNC(c1ccc(Br)c(Cl)c1F)C1(OC)CCC(C)CC1. The van der Waals surface area contributed by atoms with Crippen LogP contribution in [0.3, 0.4) is 0 Å². The Bertz CT molecular complexity index is 503. The molecule has 0 aliphatic heterocycles. The highest BCUT2D eigenvalue weighted by Crippen LogP contribution is 2.44. The van der Waals surface area contributed by atoms with Gasteiger partial charge in [-0.3, -0.25) is 0 Å². The van der Waals surface area contributed by atoms with Gasteiger partial charge in [-0.1, -0.05) is 24.6 Å². The summed E-state index contributed by atoms with van der Waals surface area (Å²) in [6, 6.07) is 3.37. The van der Waals surface area contributed by atoms with E-state index in [0.29, 0.717) is 16.0 Å². The lowest BCUT2D eigenvalue weighted by atomic mass is 9.73. The van der Waals surface area contributed by atoms with Crippen molar-refractivity contribution in [1.82, 2.24) is 5.32 Å². The van der Waals surface area contributed by atoms with Gasteiger partial charge >= 0.3 is 0 Å². The van der Waals surface area contributed by atoms with Crippen molar-refractivity contribution in [1.29, 1.82) is 0 Å². The van der Waals surface area contributed by atoms with Crippen molar-refractivity contribution in [3.63, 3.8) is 0 Å². The molecule has 2 rings (SSSR count). The van der Waals surface area contributed by atoms with E-state index in [9.17, 15) is 4.39 Å². The minimum absolute atomic E-state index is 0.128. The van der Waals surface area contributed by atoms with Crippen LogP contribution in [-0.2, 0) is 4.74 Å². The lowest BCUT2D eigenvalue weighted by Crippen LogP contribution is -2.47. The summed E-state index contributed by atoms with van der Waals surface area (Å²) in [7, 11) is 3.57. The molecule has 1 aromatic rings. The number of likely N-dealkylation sites (N-methyl/N-ethyl adjacent to an activating group) is 1. The van der Waals surface area contributed by atoms with Crippen LogP contribution in [0.2, 0.25) is 5.02 Å². The third-order valence-corrected chi connectivity index (χ3v) is 5.98. The van der Waals surface area contributed by atoms with Gasteiger partial charge in [0.05, 0.1) is 16.7 Å². The lowest BCUT2D eigenvalue weighted by molar-refractivity contribution is -0.0752. The second kappa shape index (κ2) is 6.95. The maximum absolute atomic E-state index is 14.6. The highest BCUT2D eigenvalue weighted by atomic mass is 79.9. The average molecular weight is 379 g/mol. The normalized spacial score (nSPS) is 27.6. The van der Waals surface area contributed by atoms with Crippen LogP contribution < -0.4 is 5.32 Å². The zero-order valence-corrected chi connectivity index (χ0v) is 15.0. The second-order valence-electron chi connectivity index (χ2n) is 5.94. The van der Waals surface area contributed by atoms with Crippen LogP contribution in [0.4, 0.5) is 4.39 Å². The van der Waals surface area contributed by atoms with Gasteiger partial charge in [0.25, 0.3) is 0 Å². The average Bonchev–Trinajstić information content (AvgIpc) is 2.50. The number of methoxy groups -OCH3 is 1. The number of nitrogens with one attached hydrogen (secondary N) is 1. The second-order valence-corrected chi connectivity index (χ2v) is 7.17. The van der Waals surface area contributed by atoms with Crippen LogP contribution in [0, 0.1) is 11.7 Å². The molecule has 1 aliphatic carbocycles. The fraction of sp³-hybridized carbons (Fsp3) is 0.625. The predicted molar refractivity (Wildman–Crippen MR) is 88.3 cm³/mol. The molecule has 1 saturated carbocycles. The van der Waals surface area contributed by atoms with E-state index in [-0.39, 0.29) is 22.5 Å². The van der Waals surface area contributed by atoms with Crippen LogP contribution in [0.1, 0.15) is 44.2 Å². The van der Waals surface area contributed by atoms with Gasteiger partial charge in [0.2, 0.25) is 0 Å². The van der Waals surface area contributed by atoms with Gasteiger partial charge < -0.3 is 10.1 Å². The minimum atomic E-state index is -0.376. The molecule has 1 atom stereocenters. The molecule has 0 radical (unpaired) electrons. The van der Waals surface area contributed by atoms with Crippen LogP contribution >= 0.6 is 27.5 Å². The molecule has 5 heteroatoms. The summed E-state index contributed by atoms with van der Waals surface area (Å²) in [5, 5.41) is 3.37. The van der Waals surface area contributed by atoms with Crippen molar-refractivity contribution >= 4 is 27.5 Å². The van der Waals surface area contributed by atoms with Gasteiger partial charge in [-0.05, 0) is 60.6 Å². The Morgan fingerprint density at radius 3 is 2.57 bits per heavy atom. The van der Waals surface area contributed by atoms with Crippen molar-refractivity contribution in [2.24, 2.45) is 5.92 Å². The van der Waals surface area contributed by atoms with Crippen molar-refractivity contribution < 1.29 is 9.13 Å². The molecule has 1 unspecified atom stereocenters. The molecule has 21 heavy (non-hydrogen) atoms. The first-order valence-electron chi connectivity index (χ1n) is 7.31. The van der Waals surface area contributed by atoms with Gasteiger partial charge in [-0.15, -0.1) is 0 Å².